The van der Waals surface area contributed by atoms with E-state index in [1.54, 1.807) is 0 Å². The third kappa shape index (κ3) is 1.84. The molecule has 19 heavy (non-hydrogen) atoms. The van der Waals surface area contributed by atoms with Gasteiger partial charge in [-0.15, -0.1) is 0 Å². The average Bonchev–Trinajstić information content (AvgIpc) is 2.54. The quantitative estimate of drug-likeness (QED) is 0.828. The highest BCUT2D eigenvalue weighted by Crippen LogP contribution is 2.60. The first-order valence-electron chi connectivity index (χ1n) is 8.00. The Morgan fingerprint density at radius 3 is 2.05 bits per heavy atom. The largest absolute Gasteiger partial charge is 0.328 e. The Morgan fingerprint density at radius 1 is 1.11 bits per heavy atom. The molecule has 0 spiro atoms. The zero-order valence-electron chi connectivity index (χ0n) is 12.2. The Morgan fingerprint density at radius 2 is 1.63 bits per heavy atom. The highest BCUT2D eigenvalue weighted by Gasteiger charge is 2.52. The van der Waals surface area contributed by atoms with Crippen LogP contribution in [-0.4, -0.2) is 29.6 Å². The maximum Gasteiger partial charge on any atom is 0.243 e. The molecule has 1 aliphatic heterocycles. The second-order valence-corrected chi connectivity index (χ2v) is 8.38. The van der Waals surface area contributed by atoms with Crippen LogP contribution in [0.3, 0.4) is 0 Å². The summed E-state index contributed by atoms with van der Waals surface area (Å²) >= 11 is 0. The van der Waals surface area contributed by atoms with Gasteiger partial charge in [-0.05, 0) is 75.5 Å². The number of carbonyl (C=O) groups excluding carboxylic acids is 1. The molecule has 4 aliphatic carbocycles. The number of rotatable bonds is 2. The molecule has 1 amide bonds. The molecule has 1 heterocycles. The molecule has 5 aliphatic rings. The SMILES string of the molecule is CC1(C)NCN(CC23CC4CC(CC(C4)C2)C3)C1=O. The zero-order valence-corrected chi connectivity index (χ0v) is 12.2. The van der Waals surface area contributed by atoms with Gasteiger partial charge in [0.25, 0.3) is 0 Å². The van der Waals surface area contributed by atoms with E-state index in [0.717, 1.165) is 31.0 Å². The number of amides is 1. The summed E-state index contributed by atoms with van der Waals surface area (Å²) in [4.78, 5) is 14.5. The molecule has 0 atom stereocenters. The zero-order chi connectivity index (χ0) is 13.3. The van der Waals surface area contributed by atoms with E-state index in [9.17, 15) is 4.79 Å². The molecule has 3 nitrogen and oxygen atoms in total. The minimum atomic E-state index is -0.345. The third-order valence-corrected chi connectivity index (χ3v) is 6.23. The molecule has 4 bridgehead atoms. The predicted octanol–water partition coefficient (Wildman–Crippen LogP) is 2.37. The van der Waals surface area contributed by atoms with Gasteiger partial charge in [0.05, 0.1) is 12.2 Å². The lowest BCUT2D eigenvalue weighted by molar-refractivity contribution is -0.136. The summed E-state index contributed by atoms with van der Waals surface area (Å²) in [6.45, 7) is 5.80. The van der Waals surface area contributed by atoms with Gasteiger partial charge >= 0.3 is 0 Å². The molecule has 0 aromatic heterocycles. The Hall–Kier alpha value is -0.570. The molecule has 5 fully saturated rings. The van der Waals surface area contributed by atoms with Crippen LogP contribution >= 0.6 is 0 Å². The van der Waals surface area contributed by atoms with E-state index < -0.39 is 0 Å². The molecule has 3 heteroatoms. The molecule has 0 radical (unpaired) electrons. The van der Waals surface area contributed by atoms with Crippen LogP contribution in [-0.2, 0) is 4.79 Å². The molecular formula is C16H26N2O. The smallest absolute Gasteiger partial charge is 0.243 e. The van der Waals surface area contributed by atoms with E-state index in [1.165, 1.54) is 38.5 Å². The Balaban J connectivity index is 1.53. The minimum Gasteiger partial charge on any atom is -0.328 e. The van der Waals surface area contributed by atoms with E-state index in [1.807, 2.05) is 13.8 Å². The topological polar surface area (TPSA) is 32.3 Å². The van der Waals surface area contributed by atoms with Crippen molar-refractivity contribution < 1.29 is 4.79 Å². The fourth-order valence-corrected chi connectivity index (χ4v) is 5.85. The van der Waals surface area contributed by atoms with E-state index in [4.69, 9.17) is 0 Å². The van der Waals surface area contributed by atoms with Gasteiger partial charge < -0.3 is 4.90 Å². The van der Waals surface area contributed by atoms with Crippen molar-refractivity contribution in [3.05, 3.63) is 0 Å². The molecule has 5 rings (SSSR count). The molecule has 0 aromatic carbocycles. The van der Waals surface area contributed by atoms with Crippen molar-refractivity contribution in [3.63, 3.8) is 0 Å². The van der Waals surface area contributed by atoms with Gasteiger partial charge in [0.1, 0.15) is 0 Å². The minimum absolute atomic E-state index is 0.309. The summed E-state index contributed by atoms with van der Waals surface area (Å²) in [6, 6.07) is 0. The van der Waals surface area contributed by atoms with Crippen LogP contribution in [0.25, 0.3) is 0 Å². The second kappa shape index (κ2) is 3.75. The van der Waals surface area contributed by atoms with Crippen LogP contribution in [0.15, 0.2) is 0 Å². The average molecular weight is 262 g/mol. The van der Waals surface area contributed by atoms with Crippen molar-refractivity contribution in [1.82, 2.24) is 10.2 Å². The fourth-order valence-electron chi connectivity index (χ4n) is 5.85. The Kier molecular flexibility index (Phi) is 2.41. The van der Waals surface area contributed by atoms with Crippen molar-refractivity contribution in [2.24, 2.45) is 23.2 Å². The monoisotopic (exact) mass is 262 g/mol. The molecular weight excluding hydrogens is 236 g/mol. The van der Waals surface area contributed by atoms with Gasteiger partial charge in [-0.25, -0.2) is 0 Å². The maximum atomic E-state index is 12.4. The summed E-state index contributed by atoms with van der Waals surface area (Å²) in [5.41, 5.74) is 0.134. The Labute approximate surface area is 116 Å². The van der Waals surface area contributed by atoms with Crippen LogP contribution < -0.4 is 5.32 Å². The number of hydrogen-bond donors (Lipinski definition) is 1. The third-order valence-electron chi connectivity index (χ3n) is 6.23. The van der Waals surface area contributed by atoms with Crippen LogP contribution in [0.4, 0.5) is 0 Å². The van der Waals surface area contributed by atoms with Gasteiger partial charge in [-0.3, -0.25) is 10.1 Å². The van der Waals surface area contributed by atoms with Gasteiger partial charge in [-0.2, -0.15) is 0 Å². The summed E-state index contributed by atoms with van der Waals surface area (Å²) in [7, 11) is 0. The summed E-state index contributed by atoms with van der Waals surface area (Å²) in [6.07, 6.45) is 8.63. The fraction of sp³-hybridized carbons (Fsp3) is 0.938. The van der Waals surface area contributed by atoms with Crippen LogP contribution in [0.2, 0.25) is 0 Å². The summed E-state index contributed by atoms with van der Waals surface area (Å²) < 4.78 is 0. The number of nitrogens with zero attached hydrogens (tertiary/aromatic N) is 1. The van der Waals surface area contributed by atoms with Crippen LogP contribution in [0.1, 0.15) is 52.4 Å². The summed E-state index contributed by atoms with van der Waals surface area (Å²) in [5.74, 6) is 3.24. The molecule has 4 saturated carbocycles. The molecule has 0 aromatic rings. The molecule has 1 N–H and O–H groups in total. The standard InChI is InChI=1S/C16H26N2O/c1-15(2)14(19)18(10-17-15)9-16-6-11-3-12(7-16)5-13(4-11)8-16/h11-13,17H,3-10H2,1-2H3. The lowest BCUT2D eigenvalue weighted by Crippen LogP contribution is -2.52. The highest BCUT2D eigenvalue weighted by atomic mass is 16.2. The van der Waals surface area contributed by atoms with E-state index in [-0.39, 0.29) is 5.54 Å². The van der Waals surface area contributed by atoms with Crippen molar-refractivity contribution in [2.45, 2.75) is 57.9 Å². The second-order valence-electron chi connectivity index (χ2n) is 8.38. The van der Waals surface area contributed by atoms with Crippen LogP contribution in [0, 0.1) is 23.2 Å². The normalized spacial score (nSPS) is 47.2. The lowest BCUT2D eigenvalue weighted by atomic mass is 9.49. The van der Waals surface area contributed by atoms with Gasteiger partial charge in [0.2, 0.25) is 5.91 Å². The van der Waals surface area contributed by atoms with Gasteiger partial charge in [-0.1, -0.05) is 0 Å². The van der Waals surface area contributed by atoms with Crippen LogP contribution in [0.5, 0.6) is 0 Å². The lowest BCUT2D eigenvalue weighted by Gasteiger charge is -2.57. The van der Waals surface area contributed by atoms with Crippen molar-refractivity contribution in [1.29, 1.82) is 0 Å². The van der Waals surface area contributed by atoms with E-state index >= 15 is 0 Å². The first-order valence-corrected chi connectivity index (χ1v) is 8.00. The predicted molar refractivity (Wildman–Crippen MR) is 74.4 cm³/mol. The molecule has 106 valence electrons. The van der Waals surface area contributed by atoms with Crippen molar-refractivity contribution in [2.75, 3.05) is 13.2 Å². The van der Waals surface area contributed by atoms with E-state index in [0.29, 0.717) is 11.3 Å². The van der Waals surface area contributed by atoms with Crippen molar-refractivity contribution in [3.8, 4) is 0 Å². The summed E-state index contributed by atoms with van der Waals surface area (Å²) in [5, 5.41) is 3.35. The number of carbonyl (C=O) groups is 1. The van der Waals surface area contributed by atoms with E-state index in [2.05, 4.69) is 10.2 Å². The number of nitrogens with one attached hydrogen (secondary N) is 1. The van der Waals surface area contributed by atoms with Gasteiger partial charge in [0.15, 0.2) is 0 Å². The Bertz CT molecular complexity index is 380. The highest BCUT2D eigenvalue weighted by molar-refractivity contribution is 5.87. The maximum absolute atomic E-state index is 12.4. The molecule has 0 unspecified atom stereocenters. The number of hydrogen-bond acceptors (Lipinski definition) is 2. The first-order chi connectivity index (χ1) is 8.96. The van der Waals surface area contributed by atoms with Gasteiger partial charge in [0, 0.05) is 6.54 Å². The first kappa shape index (κ1) is 12.2. The van der Waals surface area contributed by atoms with Crippen molar-refractivity contribution >= 4 is 5.91 Å². The molecule has 1 saturated heterocycles.